The molecule has 1 N–H and O–H groups in total. The number of rotatable bonds is 7. The fraction of sp³-hybridized carbons (Fsp3) is 0.348. The number of carbonyl (C=O) groups excluding carboxylic acids is 1. The van der Waals surface area contributed by atoms with Gasteiger partial charge in [0.2, 0.25) is 0 Å². The predicted molar refractivity (Wildman–Crippen MR) is 117 cm³/mol. The Bertz CT molecular complexity index is 989. The van der Waals surface area contributed by atoms with Crippen molar-refractivity contribution in [1.29, 1.82) is 0 Å². The molecule has 1 saturated carbocycles. The van der Waals surface area contributed by atoms with E-state index in [4.69, 9.17) is 0 Å². The molecule has 1 amide bonds. The fourth-order valence-corrected chi connectivity index (χ4v) is 4.00. The minimum Gasteiger partial charge on any atom is -0.349 e. The largest absolute Gasteiger partial charge is 0.349 e. The second-order valence-corrected chi connectivity index (χ2v) is 8.84. The number of hydrogen-bond acceptors (Lipinski definition) is 4. The summed E-state index contributed by atoms with van der Waals surface area (Å²) in [5.74, 6) is 2.03. The zero-order valence-electron chi connectivity index (χ0n) is 17.1. The lowest BCUT2D eigenvalue weighted by Gasteiger charge is -2.12. The molecular formula is C23H26N4OS. The molecule has 29 heavy (non-hydrogen) atoms. The number of thioether (sulfide) groups is 1. The number of aryl methyl sites for hydroxylation is 1. The number of benzene rings is 2. The lowest BCUT2D eigenvalue weighted by Crippen LogP contribution is -2.25. The summed E-state index contributed by atoms with van der Waals surface area (Å²) in [6, 6.07) is 16.7. The Morgan fingerprint density at radius 2 is 1.79 bits per heavy atom. The van der Waals surface area contributed by atoms with Crippen molar-refractivity contribution in [2.24, 2.45) is 0 Å². The smallest absolute Gasteiger partial charge is 0.251 e. The van der Waals surface area contributed by atoms with E-state index in [2.05, 4.69) is 65.1 Å². The highest BCUT2D eigenvalue weighted by atomic mass is 32.2. The number of hydrogen-bond donors (Lipinski definition) is 1. The molecule has 0 aliphatic heterocycles. The summed E-state index contributed by atoms with van der Waals surface area (Å²) in [6.07, 6.45) is 2.20. The molecule has 1 heterocycles. The van der Waals surface area contributed by atoms with E-state index in [-0.39, 0.29) is 11.8 Å². The Morgan fingerprint density at radius 1 is 1.10 bits per heavy atom. The molecule has 4 rings (SSSR count). The fourth-order valence-electron chi connectivity index (χ4n) is 3.08. The highest BCUT2D eigenvalue weighted by molar-refractivity contribution is 7.98. The molecule has 6 heteroatoms. The van der Waals surface area contributed by atoms with Crippen LogP contribution in [0.2, 0.25) is 0 Å². The molecule has 0 atom stereocenters. The van der Waals surface area contributed by atoms with Crippen molar-refractivity contribution in [3.8, 4) is 5.69 Å². The summed E-state index contributed by atoms with van der Waals surface area (Å²) >= 11 is 1.66. The third kappa shape index (κ3) is 4.70. The maximum Gasteiger partial charge on any atom is 0.251 e. The molecule has 1 aromatic heterocycles. The third-order valence-electron chi connectivity index (χ3n) is 4.96. The molecule has 1 aliphatic carbocycles. The molecule has 0 bridgehead atoms. The van der Waals surface area contributed by atoms with Crippen LogP contribution in [0.4, 0.5) is 0 Å². The van der Waals surface area contributed by atoms with E-state index >= 15 is 0 Å². The van der Waals surface area contributed by atoms with Gasteiger partial charge in [0.15, 0.2) is 5.16 Å². The van der Waals surface area contributed by atoms with Gasteiger partial charge in [-0.05, 0) is 49.6 Å². The first-order valence-corrected chi connectivity index (χ1v) is 11.0. The first kappa shape index (κ1) is 19.7. The van der Waals surface area contributed by atoms with Crippen molar-refractivity contribution >= 4 is 17.7 Å². The van der Waals surface area contributed by atoms with Gasteiger partial charge in [0.05, 0.1) is 0 Å². The van der Waals surface area contributed by atoms with Crippen LogP contribution in [-0.2, 0) is 5.75 Å². The second-order valence-electron chi connectivity index (χ2n) is 7.90. The van der Waals surface area contributed by atoms with Crippen LogP contribution in [0.15, 0.2) is 53.7 Å². The molecule has 0 radical (unpaired) electrons. The molecule has 1 aliphatic rings. The van der Waals surface area contributed by atoms with Gasteiger partial charge < -0.3 is 5.32 Å². The zero-order chi connectivity index (χ0) is 20.4. The van der Waals surface area contributed by atoms with Crippen molar-refractivity contribution in [2.45, 2.75) is 56.5 Å². The van der Waals surface area contributed by atoms with E-state index in [0.29, 0.717) is 6.04 Å². The van der Waals surface area contributed by atoms with Gasteiger partial charge in [-0.3, -0.25) is 9.36 Å². The normalized spacial score (nSPS) is 13.7. The minimum atomic E-state index is 0.0207. The van der Waals surface area contributed by atoms with E-state index < -0.39 is 0 Å². The second kappa shape index (κ2) is 8.41. The zero-order valence-corrected chi connectivity index (χ0v) is 17.9. The SMILES string of the molecule is Cc1ccc(-n2c(SCc3ccc(C(=O)NC4CC4)cc3)nnc2C(C)C)cc1. The number of carbonyl (C=O) groups is 1. The Morgan fingerprint density at radius 3 is 2.41 bits per heavy atom. The van der Waals surface area contributed by atoms with E-state index in [9.17, 15) is 4.79 Å². The highest BCUT2D eigenvalue weighted by Gasteiger charge is 2.23. The Kier molecular flexibility index (Phi) is 5.72. The molecule has 5 nitrogen and oxygen atoms in total. The summed E-state index contributed by atoms with van der Waals surface area (Å²) in [5.41, 5.74) is 4.19. The standard InChI is InChI=1S/C23H26N4OS/c1-15(2)21-25-26-23(27(21)20-12-4-16(3)5-13-20)29-14-17-6-8-18(9-7-17)22(28)24-19-10-11-19/h4-9,12-13,15,19H,10-11,14H2,1-3H3,(H,24,28). The van der Waals surface area contributed by atoms with Crippen LogP contribution < -0.4 is 5.32 Å². The Hall–Kier alpha value is -2.60. The summed E-state index contributed by atoms with van der Waals surface area (Å²) < 4.78 is 2.15. The molecule has 1 fully saturated rings. The van der Waals surface area contributed by atoms with Crippen LogP contribution in [0.25, 0.3) is 5.69 Å². The van der Waals surface area contributed by atoms with Crippen LogP contribution in [-0.4, -0.2) is 26.7 Å². The van der Waals surface area contributed by atoms with Crippen LogP contribution in [0.1, 0.15) is 59.9 Å². The lowest BCUT2D eigenvalue weighted by atomic mass is 10.1. The van der Waals surface area contributed by atoms with E-state index in [0.717, 1.165) is 46.4 Å². The van der Waals surface area contributed by atoms with E-state index in [1.54, 1.807) is 11.8 Å². The van der Waals surface area contributed by atoms with Gasteiger partial charge in [-0.15, -0.1) is 10.2 Å². The molecule has 150 valence electrons. The minimum absolute atomic E-state index is 0.0207. The van der Waals surface area contributed by atoms with Crippen molar-refractivity contribution < 1.29 is 4.79 Å². The Balaban J connectivity index is 1.49. The number of aromatic nitrogens is 3. The average molecular weight is 407 g/mol. The summed E-state index contributed by atoms with van der Waals surface area (Å²) in [6.45, 7) is 6.35. The van der Waals surface area contributed by atoms with Crippen LogP contribution in [0.3, 0.4) is 0 Å². The molecule has 0 saturated heterocycles. The monoisotopic (exact) mass is 406 g/mol. The van der Waals surface area contributed by atoms with Crippen molar-refractivity contribution in [2.75, 3.05) is 0 Å². The first-order valence-electron chi connectivity index (χ1n) is 10.1. The predicted octanol–water partition coefficient (Wildman–Crippen LogP) is 4.88. The molecular weight excluding hydrogens is 380 g/mol. The number of amides is 1. The van der Waals surface area contributed by atoms with Crippen LogP contribution in [0.5, 0.6) is 0 Å². The first-order chi connectivity index (χ1) is 14.0. The average Bonchev–Trinajstić information content (AvgIpc) is 3.42. The van der Waals surface area contributed by atoms with Gasteiger partial charge in [-0.2, -0.15) is 0 Å². The lowest BCUT2D eigenvalue weighted by molar-refractivity contribution is 0.0951. The Labute approximate surface area is 175 Å². The van der Waals surface area contributed by atoms with Gasteiger partial charge in [0.25, 0.3) is 5.91 Å². The maximum atomic E-state index is 12.1. The molecule has 0 spiro atoms. The highest BCUT2D eigenvalue weighted by Crippen LogP contribution is 2.28. The van der Waals surface area contributed by atoms with E-state index in [1.807, 2.05) is 24.3 Å². The molecule has 3 aromatic rings. The van der Waals surface area contributed by atoms with Crippen LogP contribution >= 0.6 is 11.8 Å². The molecule has 2 aromatic carbocycles. The van der Waals surface area contributed by atoms with Crippen molar-refractivity contribution in [3.05, 3.63) is 71.0 Å². The van der Waals surface area contributed by atoms with Gasteiger partial charge in [-0.1, -0.05) is 55.4 Å². The number of nitrogens with zero attached hydrogens (tertiary/aromatic N) is 3. The van der Waals surface area contributed by atoms with Gasteiger partial charge >= 0.3 is 0 Å². The topological polar surface area (TPSA) is 59.8 Å². The van der Waals surface area contributed by atoms with Gasteiger partial charge in [0.1, 0.15) is 5.82 Å². The van der Waals surface area contributed by atoms with Crippen molar-refractivity contribution in [3.63, 3.8) is 0 Å². The summed E-state index contributed by atoms with van der Waals surface area (Å²) in [4.78, 5) is 12.1. The third-order valence-corrected chi connectivity index (χ3v) is 5.96. The van der Waals surface area contributed by atoms with Crippen molar-refractivity contribution in [1.82, 2.24) is 20.1 Å². The molecule has 0 unspecified atom stereocenters. The maximum absolute atomic E-state index is 12.1. The quantitative estimate of drug-likeness (QED) is 0.568. The van der Waals surface area contributed by atoms with E-state index in [1.165, 1.54) is 5.56 Å². The number of nitrogens with one attached hydrogen (secondary N) is 1. The summed E-state index contributed by atoms with van der Waals surface area (Å²) in [5, 5.41) is 12.8. The van der Waals surface area contributed by atoms with Gasteiger partial charge in [0, 0.05) is 29.0 Å². The van der Waals surface area contributed by atoms with Crippen LogP contribution in [0, 0.1) is 6.92 Å². The van der Waals surface area contributed by atoms with Gasteiger partial charge in [-0.25, -0.2) is 0 Å². The summed E-state index contributed by atoms with van der Waals surface area (Å²) in [7, 11) is 0.